The molecule has 0 saturated heterocycles. The van der Waals surface area contributed by atoms with Crippen molar-refractivity contribution in [3.05, 3.63) is 0 Å². The minimum Gasteiger partial charge on any atom is -0.394 e. The van der Waals surface area contributed by atoms with Gasteiger partial charge in [-0.1, -0.05) is 27.7 Å². The van der Waals surface area contributed by atoms with E-state index in [1.165, 1.54) is 0 Å². The maximum Gasteiger partial charge on any atom is 0.245 e. The predicted octanol–water partition coefficient (Wildman–Crippen LogP) is -9.02. The summed E-state index contributed by atoms with van der Waals surface area (Å²) in [6.45, 7) is 2.03. The molecule has 0 rings (SSSR count). The van der Waals surface area contributed by atoms with Gasteiger partial charge in [0.1, 0.15) is 60.7 Å². The van der Waals surface area contributed by atoms with Crippen molar-refractivity contribution in [1.82, 2.24) is 42.5 Å². The quantitative estimate of drug-likeness (QED) is 0.0279. The highest BCUT2D eigenvalue weighted by Crippen LogP contribution is 2.09. The van der Waals surface area contributed by atoms with Gasteiger partial charge in [-0.2, -0.15) is 0 Å². The Hall–Kier alpha value is -5.87. The fourth-order valence-corrected chi connectivity index (χ4v) is 5.50. The average Bonchev–Trinajstić information content (AvgIpc) is 3.23. The molecular weight excluding hydrogens is 854 g/mol. The van der Waals surface area contributed by atoms with Gasteiger partial charge in [0.2, 0.25) is 59.1 Å². The first kappa shape index (κ1) is 58.1. The maximum atomic E-state index is 13.5. The SMILES string of the molecule is CC(C)C[C@H](NC(=O)[C@H](CO)NC(=O)[C@H](CCC(N)=O)NC(=O)[C@H](CO)NC(=O)[C@H](CC(C)C)NC(=O)[C@@H](N)CO)C(=O)N[C@@H](CO)C(=O)N[C@@H](CCC(N)=O)C(=O)N[C@H](C=O)CO. The average molecular weight is 920 g/mol. The first-order valence-electron chi connectivity index (χ1n) is 20.2. The number of carbonyl (C=O) groups is 11. The highest BCUT2D eigenvalue weighted by Gasteiger charge is 2.35. The van der Waals surface area contributed by atoms with Crippen LogP contribution in [0.3, 0.4) is 0 Å². The van der Waals surface area contributed by atoms with E-state index in [0.29, 0.717) is 0 Å². The van der Waals surface area contributed by atoms with E-state index < -0.39 is 166 Å². The Kier molecular flexibility index (Phi) is 27.5. The number of rotatable bonds is 32. The third-order valence-corrected chi connectivity index (χ3v) is 8.97. The van der Waals surface area contributed by atoms with E-state index in [1.807, 2.05) is 0 Å². The number of nitrogens with two attached hydrogens (primary N) is 3. The van der Waals surface area contributed by atoms with E-state index in [1.54, 1.807) is 27.7 Å². The van der Waals surface area contributed by atoms with Gasteiger partial charge in [-0.05, 0) is 37.5 Å². The molecule has 64 heavy (non-hydrogen) atoms. The zero-order valence-electron chi connectivity index (χ0n) is 36.2. The normalized spacial score (nSPS) is 15.3. The molecule has 10 amide bonds. The van der Waals surface area contributed by atoms with Crippen molar-refractivity contribution in [3.8, 4) is 0 Å². The Labute approximate surface area is 368 Å². The molecule has 0 aliphatic carbocycles. The van der Waals surface area contributed by atoms with E-state index in [4.69, 9.17) is 17.2 Å². The third-order valence-electron chi connectivity index (χ3n) is 8.97. The molecule has 0 aromatic heterocycles. The summed E-state index contributed by atoms with van der Waals surface area (Å²) in [4.78, 5) is 139. The smallest absolute Gasteiger partial charge is 0.245 e. The van der Waals surface area contributed by atoms with Gasteiger partial charge < -0.3 is 90.1 Å². The van der Waals surface area contributed by atoms with E-state index in [9.17, 15) is 78.3 Å². The van der Waals surface area contributed by atoms with Gasteiger partial charge >= 0.3 is 0 Å². The zero-order valence-corrected chi connectivity index (χ0v) is 36.2. The molecule has 364 valence electrons. The number of hydrogen-bond donors (Lipinski definition) is 16. The summed E-state index contributed by atoms with van der Waals surface area (Å²) in [5.41, 5.74) is 15.9. The molecule has 0 radical (unpaired) electrons. The number of aldehydes is 1. The predicted molar refractivity (Wildman–Crippen MR) is 221 cm³/mol. The Morgan fingerprint density at radius 1 is 0.422 bits per heavy atom. The number of aliphatic hydroxyl groups excluding tert-OH is 5. The molecule has 27 nitrogen and oxygen atoms in total. The summed E-state index contributed by atoms with van der Waals surface area (Å²) < 4.78 is 0. The van der Waals surface area contributed by atoms with Crippen LogP contribution in [0.2, 0.25) is 0 Å². The lowest BCUT2D eigenvalue weighted by molar-refractivity contribution is -0.137. The second-order valence-corrected chi connectivity index (χ2v) is 15.5. The van der Waals surface area contributed by atoms with Gasteiger partial charge in [0.25, 0.3) is 0 Å². The van der Waals surface area contributed by atoms with E-state index in [-0.39, 0.29) is 37.4 Å². The Bertz CT molecular complexity index is 1620. The number of hydrogen-bond acceptors (Lipinski definition) is 17. The minimum atomic E-state index is -1.84. The number of primary amides is 2. The summed E-state index contributed by atoms with van der Waals surface area (Å²) in [7, 11) is 0. The van der Waals surface area contributed by atoms with Crippen LogP contribution in [0.25, 0.3) is 0 Å². The first-order valence-corrected chi connectivity index (χ1v) is 20.2. The van der Waals surface area contributed by atoms with Gasteiger partial charge in [0, 0.05) is 12.8 Å². The lowest BCUT2D eigenvalue weighted by Crippen LogP contribution is -2.61. The minimum absolute atomic E-state index is 0.0400. The molecule has 0 aliphatic rings. The molecule has 0 fully saturated rings. The molecule has 0 aliphatic heterocycles. The van der Waals surface area contributed by atoms with E-state index >= 15 is 0 Å². The molecule has 0 saturated carbocycles. The van der Waals surface area contributed by atoms with Crippen LogP contribution in [0.4, 0.5) is 0 Å². The molecule has 0 aromatic rings. The second kappa shape index (κ2) is 30.3. The Morgan fingerprint density at radius 2 is 0.703 bits per heavy atom. The van der Waals surface area contributed by atoms with Crippen LogP contribution in [0.5, 0.6) is 0 Å². The molecule has 0 bridgehead atoms. The van der Waals surface area contributed by atoms with Crippen LogP contribution in [-0.2, 0) is 52.7 Å². The summed E-state index contributed by atoms with van der Waals surface area (Å²) in [6, 6.07) is -14.1. The number of aliphatic hydroxyl groups is 5. The van der Waals surface area contributed by atoms with Crippen molar-refractivity contribution in [2.45, 2.75) is 121 Å². The van der Waals surface area contributed by atoms with Crippen LogP contribution in [-0.4, -0.2) is 178 Å². The second-order valence-electron chi connectivity index (χ2n) is 15.5. The van der Waals surface area contributed by atoms with Crippen LogP contribution in [0.15, 0.2) is 0 Å². The lowest BCUT2D eigenvalue weighted by atomic mass is 10.0. The van der Waals surface area contributed by atoms with Crippen molar-refractivity contribution in [1.29, 1.82) is 0 Å². The van der Waals surface area contributed by atoms with Crippen molar-refractivity contribution in [2.75, 3.05) is 33.0 Å². The topological polar surface area (TPSA) is 463 Å². The largest absolute Gasteiger partial charge is 0.394 e. The zero-order chi connectivity index (χ0) is 49.3. The van der Waals surface area contributed by atoms with Gasteiger partial charge in [0.15, 0.2) is 0 Å². The number of carbonyl (C=O) groups excluding carboxylic acids is 11. The van der Waals surface area contributed by atoms with Crippen LogP contribution in [0.1, 0.15) is 66.2 Å². The number of amides is 10. The molecule has 9 atom stereocenters. The summed E-state index contributed by atoms with van der Waals surface area (Å²) in [5.74, 6) is -10.9. The van der Waals surface area contributed by atoms with Gasteiger partial charge in [0.05, 0.1) is 33.0 Å². The molecule has 0 heterocycles. The van der Waals surface area contributed by atoms with Crippen molar-refractivity contribution in [3.63, 3.8) is 0 Å². The summed E-state index contributed by atoms with van der Waals surface area (Å²) in [5, 5.41) is 66.4. The molecular formula is C37H65N11O16. The fourth-order valence-electron chi connectivity index (χ4n) is 5.50. The highest BCUT2D eigenvalue weighted by atomic mass is 16.3. The summed E-state index contributed by atoms with van der Waals surface area (Å²) in [6.07, 6.45) is -1.67. The van der Waals surface area contributed by atoms with Crippen molar-refractivity contribution >= 4 is 65.4 Å². The maximum absolute atomic E-state index is 13.5. The molecule has 19 N–H and O–H groups in total. The van der Waals surface area contributed by atoms with E-state index in [0.717, 1.165) is 0 Å². The third kappa shape index (κ3) is 22.0. The van der Waals surface area contributed by atoms with Gasteiger partial charge in [-0.15, -0.1) is 0 Å². The van der Waals surface area contributed by atoms with Crippen LogP contribution < -0.4 is 59.7 Å². The molecule has 0 spiro atoms. The standard InChI is InChI=1S/C37H65N11O16/c1-17(2)9-23(44-30(57)20(38)13-51)33(60)47-26(15-53)36(63)43-22(6-8-29(40)56)32(59)46-27(16-54)37(64)45-24(10-18(3)4)34(61)48-25(14-52)35(62)42-21(5-7-28(39)55)31(58)41-19(11-49)12-50/h11,17-27,50-54H,5-10,12-16,38H2,1-4H3,(H2,39,55)(H2,40,56)(H,41,58)(H,42,62)(H,43,63)(H,44,57)(H,45,64)(H,46,59)(H,47,60)(H,48,61)/t19-,20+,21+,22+,23+,24+,25+,26+,27+/m1/s1. The Morgan fingerprint density at radius 3 is 0.984 bits per heavy atom. The van der Waals surface area contributed by atoms with E-state index in [2.05, 4.69) is 42.5 Å². The Balaban J connectivity index is 6.18. The fraction of sp³-hybridized carbons (Fsp3) is 0.703. The lowest BCUT2D eigenvalue weighted by Gasteiger charge is -2.27. The van der Waals surface area contributed by atoms with Gasteiger partial charge in [-0.25, -0.2) is 0 Å². The van der Waals surface area contributed by atoms with Gasteiger partial charge in [-0.3, -0.25) is 47.9 Å². The molecule has 0 aromatic carbocycles. The summed E-state index contributed by atoms with van der Waals surface area (Å²) >= 11 is 0. The van der Waals surface area contributed by atoms with Crippen LogP contribution >= 0.6 is 0 Å². The molecule has 0 unspecified atom stereocenters. The van der Waals surface area contributed by atoms with Crippen molar-refractivity contribution in [2.24, 2.45) is 29.0 Å². The monoisotopic (exact) mass is 919 g/mol. The van der Waals surface area contributed by atoms with Crippen molar-refractivity contribution < 1.29 is 78.3 Å². The highest BCUT2D eigenvalue weighted by molar-refractivity contribution is 5.98. The molecule has 27 heteroatoms. The first-order chi connectivity index (χ1) is 30.0. The number of nitrogens with one attached hydrogen (secondary N) is 8. The van der Waals surface area contributed by atoms with Crippen LogP contribution in [0, 0.1) is 11.8 Å².